The highest BCUT2D eigenvalue weighted by Crippen LogP contribution is 2.40. The second-order valence-corrected chi connectivity index (χ2v) is 15.2. The Morgan fingerprint density at radius 1 is 0.583 bits per heavy atom. The van der Waals surface area contributed by atoms with Gasteiger partial charge in [0.05, 0.1) is 22.4 Å². The molecule has 0 amide bonds. The van der Waals surface area contributed by atoms with Crippen molar-refractivity contribution in [3.05, 3.63) is 132 Å². The van der Waals surface area contributed by atoms with Crippen LogP contribution in [0.1, 0.15) is 63.8 Å². The van der Waals surface area contributed by atoms with E-state index in [-0.39, 0.29) is 16.6 Å². The van der Waals surface area contributed by atoms with Gasteiger partial charge >= 0.3 is 0 Å². The summed E-state index contributed by atoms with van der Waals surface area (Å²) in [6.07, 6.45) is 1.89. The molecule has 7 aromatic rings. The number of phenols is 1. The molecule has 7 rings (SSSR count). The van der Waals surface area contributed by atoms with Gasteiger partial charge in [0.25, 0.3) is 0 Å². The molecule has 0 fully saturated rings. The number of hydrogen-bond acceptors (Lipinski definition) is 3. The summed E-state index contributed by atoms with van der Waals surface area (Å²) in [5.41, 5.74) is 12.1. The van der Waals surface area contributed by atoms with Gasteiger partial charge < -0.3 is 5.11 Å². The first-order valence-corrected chi connectivity index (χ1v) is 16.7. The van der Waals surface area contributed by atoms with Gasteiger partial charge in [0.2, 0.25) is 0 Å². The van der Waals surface area contributed by atoms with Crippen molar-refractivity contribution in [3.63, 3.8) is 0 Å². The third kappa shape index (κ3) is 5.66. The van der Waals surface area contributed by atoms with Gasteiger partial charge in [0.15, 0.2) is 0 Å². The number of nitrogens with zero attached hydrogens (tertiary/aromatic N) is 3. The second kappa shape index (κ2) is 11.5. The fourth-order valence-corrected chi connectivity index (χ4v) is 6.65. The zero-order chi connectivity index (χ0) is 34.0. The van der Waals surface area contributed by atoms with Crippen molar-refractivity contribution >= 4 is 21.8 Å². The molecule has 0 atom stereocenters. The second-order valence-electron chi connectivity index (χ2n) is 15.2. The zero-order valence-electron chi connectivity index (χ0n) is 29.2. The van der Waals surface area contributed by atoms with Gasteiger partial charge in [-0.2, -0.15) is 0 Å². The summed E-state index contributed by atoms with van der Waals surface area (Å²) in [6.45, 7) is 17.5. The Labute approximate surface area is 283 Å². The molecule has 48 heavy (non-hydrogen) atoms. The van der Waals surface area contributed by atoms with Crippen LogP contribution in [0.15, 0.2) is 109 Å². The number of aryl methyl sites for hydroxylation is 2. The van der Waals surface area contributed by atoms with E-state index in [1.165, 1.54) is 10.9 Å². The molecule has 0 aliphatic carbocycles. The molecule has 0 radical (unpaired) electrons. The Morgan fingerprint density at radius 2 is 1.33 bits per heavy atom. The number of aromatic nitrogens is 3. The van der Waals surface area contributed by atoms with Crippen LogP contribution in [0.25, 0.3) is 61.3 Å². The maximum absolute atomic E-state index is 11.3. The van der Waals surface area contributed by atoms with Crippen LogP contribution in [-0.4, -0.2) is 19.6 Å². The quantitative estimate of drug-likeness (QED) is 0.211. The lowest BCUT2D eigenvalue weighted by atomic mass is 9.86. The van der Waals surface area contributed by atoms with E-state index < -0.39 is 0 Å². The van der Waals surface area contributed by atoms with E-state index in [1.807, 2.05) is 31.3 Å². The standard InChI is InChI=1S/C44H43N3O/c1-27-20-28(2)42(48)36(21-27)38-25-33(44(6,7)8)26-41(46-38)47-39-17-15-32(43(3,4)5)24-35(39)34-16-14-31(23-40(34)47)37-22-30(18-19-45-37)29-12-10-9-11-13-29/h9-26,48H,1-8H3. The molecular formula is C44H43N3O. The maximum Gasteiger partial charge on any atom is 0.138 e. The van der Waals surface area contributed by atoms with Crippen molar-refractivity contribution in [1.82, 2.24) is 14.5 Å². The molecule has 3 heterocycles. The fraction of sp³-hybridized carbons (Fsp3) is 0.227. The summed E-state index contributed by atoms with van der Waals surface area (Å²) in [6, 6.07) is 36.5. The summed E-state index contributed by atoms with van der Waals surface area (Å²) in [5.74, 6) is 1.09. The summed E-state index contributed by atoms with van der Waals surface area (Å²) in [5, 5.41) is 13.6. The van der Waals surface area contributed by atoms with Crippen LogP contribution in [0, 0.1) is 13.8 Å². The average Bonchev–Trinajstić information content (AvgIpc) is 3.39. The molecule has 4 nitrogen and oxygen atoms in total. The molecule has 0 saturated carbocycles. The molecule has 0 saturated heterocycles. The van der Waals surface area contributed by atoms with Crippen molar-refractivity contribution in [3.8, 4) is 45.2 Å². The number of aromatic hydroxyl groups is 1. The minimum atomic E-state index is -0.147. The Bertz CT molecular complexity index is 2330. The summed E-state index contributed by atoms with van der Waals surface area (Å²) < 4.78 is 2.29. The molecule has 4 aromatic carbocycles. The van der Waals surface area contributed by atoms with Gasteiger partial charge in [-0.15, -0.1) is 0 Å². The van der Waals surface area contributed by atoms with Crippen LogP contribution >= 0.6 is 0 Å². The Morgan fingerprint density at radius 3 is 2.06 bits per heavy atom. The van der Waals surface area contributed by atoms with E-state index in [9.17, 15) is 5.11 Å². The molecule has 0 unspecified atom stereocenters. The highest BCUT2D eigenvalue weighted by Gasteiger charge is 2.23. The predicted octanol–water partition coefficient (Wildman–Crippen LogP) is 11.5. The molecule has 240 valence electrons. The Hall–Kier alpha value is -5.22. The lowest BCUT2D eigenvalue weighted by Crippen LogP contribution is -2.13. The van der Waals surface area contributed by atoms with Crippen molar-refractivity contribution < 1.29 is 5.11 Å². The van der Waals surface area contributed by atoms with Gasteiger partial charge in [0, 0.05) is 28.1 Å². The molecule has 0 bridgehead atoms. The van der Waals surface area contributed by atoms with Crippen LogP contribution in [0.2, 0.25) is 0 Å². The molecule has 0 aliphatic heterocycles. The fourth-order valence-electron chi connectivity index (χ4n) is 6.65. The first-order valence-electron chi connectivity index (χ1n) is 16.7. The van der Waals surface area contributed by atoms with Crippen molar-refractivity contribution in [2.24, 2.45) is 0 Å². The van der Waals surface area contributed by atoms with Gasteiger partial charge in [-0.25, -0.2) is 4.98 Å². The average molecular weight is 630 g/mol. The van der Waals surface area contributed by atoms with Crippen molar-refractivity contribution in [2.75, 3.05) is 0 Å². The third-order valence-corrected chi connectivity index (χ3v) is 9.42. The monoisotopic (exact) mass is 629 g/mol. The van der Waals surface area contributed by atoms with Crippen LogP contribution in [0.5, 0.6) is 5.75 Å². The van der Waals surface area contributed by atoms with Crippen LogP contribution in [0.3, 0.4) is 0 Å². The SMILES string of the molecule is Cc1cc(C)c(O)c(-c2cc(C(C)(C)C)cc(-n3c4ccc(C(C)(C)C)cc4c4ccc(-c5cc(-c6ccccc6)ccn5)cc43)n2)c1. The molecule has 4 heteroatoms. The number of benzene rings is 4. The smallest absolute Gasteiger partial charge is 0.138 e. The third-order valence-electron chi connectivity index (χ3n) is 9.42. The van der Waals surface area contributed by atoms with Crippen molar-refractivity contribution in [1.29, 1.82) is 0 Å². The molecule has 0 spiro atoms. The van der Waals surface area contributed by atoms with Gasteiger partial charge in [-0.05, 0) is 107 Å². The van der Waals surface area contributed by atoms with Gasteiger partial charge in [-0.1, -0.05) is 96.1 Å². The molecule has 0 aliphatic rings. The van der Waals surface area contributed by atoms with Crippen LogP contribution in [-0.2, 0) is 10.8 Å². The molecular weight excluding hydrogens is 587 g/mol. The highest BCUT2D eigenvalue weighted by atomic mass is 16.3. The van der Waals surface area contributed by atoms with Crippen LogP contribution in [0.4, 0.5) is 0 Å². The number of pyridine rings is 2. The minimum absolute atomic E-state index is 0.00246. The number of hydrogen-bond donors (Lipinski definition) is 1. The normalized spacial score (nSPS) is 12.2. The number of phenolic OH excluding ortho intramolecular Hbond substituents is 1. The lowest BCUT2D eigenvalue weighted by molar-refractivity contribution is 0.472. The van der Waals surface area contributed by atoms with E-state index in [0.717, 1.165) is 72.6 Å². The van der Waals surface area contributed by atoms with E-state index >= 15 is 0 Å². The summed E-state index contributed by atoms with van der Waals surface area (Å²) in [4.78, 5) is 10.1. The van der Waals surface area contributed by atoms with Crippen LogP contribution < -0.4 is 0 Å². The Balaban J connectivity index is 1.53. The minimum Gasteiger partial charge on any atom is -0.507 e. The van der Waals surface area contributed by atoms with E-state index in [2.05, 4.69) is 138 Å². The van der Waals surface area contributed by atoms with Gasteiger partial charge in [0.1, 0.15) is 11.6 Å². The predicted molar refractivity (Wildman–Crippen MR) is 201 cm³/mol. The van der Waals surface area contributed by atoms with Gasteiger partial charge in [-0.3, -0.25) is 9.55 Å². The summed E-state index contributed by atoms with van der Waals surface area (Å²) >= 11 is 0. The molecule has 3 aromatic heterocycles. The molecule has 1 N–H and O–H groups in total. The number of rotatable bonds is 4. The van der Waals surface area contributed by atoms with E-state index in [4.69, 9.17) is 9.97 Å². The number of fused-ring (bicyclic) bond motifs is 3. The topological polar surface area (TPSA) is 50.9 Å². The largest absolute Gasteiger partial charge is 0.507 e. The summed E-state index contributed by atoms with van der Waals surface area (Å²) in [7, 11) is 0. The zero-order valence-corrected chi connectivity index (χ0v) is 29.2. The van der Waals surface area contributed by atoms with Crippen molar-refractivity contribution in [2.45, 2.75) is 66.2 Å². The Kier molecular flexibility index (Phi) is 7.51. The highest BCUT2D eigenvalue weighted by molar-refractivity contribution is 6.10. The van der Waals surface area contributed by atoms with E-state index in [1.54, 1.807) is 0 Å². The maximum atomic E-state index is 11.3. The first-order chi connectivity index (χ1) is 22.8. The van der Waals surface area contributed by atoms with E-state index in [0.29, 0.717) is 0 Å². The first kappa shape index (κ1) is 31.4. The lowest BCUT2D eigenvalue weighted by Gasteiger charge is -2.22.